The van der Waals surface area contributed by atoms with Crippen LogP contribution in [0.15, 0.2) is 24.3 Å². The van der Waals surface area contributed by atoms with Crippen molar-refractivity contribution in [1.29, 1.82) is 0 Å². The number of hydrogen-bond donors (Lipinski definition) is 3. The molecule has 0 aliphatic carbocycles. The molecule has 0 fully saturated rings. The maximum atomic E-state index is 12.1. The molecule has 5 nitrogen and oxygen atoms in total. The molecule has 1 rings (SSSR count). The fraction of sp³-hybridized carbons (Fsp3) is 0.467. The van der Waals surface area contributed by atoms with E-state index in [0.29, 0.717) is 18.7 Å². The van der Waals surface area contributed by atoms with Crippen LogP contribution >= 0.6 is 0 Å². The number of carbonyl (C=O) groups is 2. The van der Waals surface area contributed by atoms with E-state index in [4.69, 9.17) is 5.73 Å². The van der Waals surface area contributed by atoms with Gasteiger partial charge in [-0.2, -0.15) is 0 Å². The van der Waals surface area contributed by atoms with Gasteiger partial charge < -0.3 is 16.4 Å². The Hall–Kier alpha value is -1.88. The Morgan fingerprint density at radius 3 is 2.30 bits per heavy atom. The lowest BCUT2D eigenvalue weighted by molar-refractivity contribution is -0.123. The van der Waals surface area contributed by atoms with E-state index in [1.807, 2.05) is 32.9 Å². The first-order valence-electron chi connectivity index (χ1n) is 6.81. The summed E-state index contributed by atoms with van der Waals surface area (Å²) in [5.74, 6) is -0.445. The molecule has 0 heterocycles. The van der Waals surface area contributed by atoms with Crippen molar-refractivity contribution in [1.82, 2.24) is 10.6 Å². The number of amides is 2. The van der Waals surface area contributed by atoms with Gasteiger partial charge in [-0.3, -0.25) is 9.59 Å². The summed E-state index contributed by atoms with van der Waals surface area (Å²) in [4.78, 5) is 24.1. The van der Waals surface area contributed by atoms with E-state index in [2.05, 4.69) is 10.6 Å². The normalized spacial score (nSPS) is 12.1. The van der Waals surface area contributed by atoms with Crippen molar-refractivity contribution in [2.24, 2.45) is 11.7 Å². The number of benzene rings is 1. The van der Waals surface area contributed by atoms with Gasteiger partial charge in [-0.1, -0.05) is 31.5 Å². The first-order chi connectivity index (χ1) is 9.45. The average Bonchev–Trinajstić information content (AvgIpc) is 2.42. The minimum absolute atomic E-state index is 0.00201. The molecular formula is C15H23N3O2. The molecule has 0 aromatic heterocycles. The van der Waals surface area contributed by atoms with Gasteiger partial charge in [0.2, 0.25) is 5.91 Å². The van der Waals surface area contributed by atoms with Crippen LogP contribution in [-0.4, -0.2) is 30.9 Å². The molecular weight excluding hydrogens is 254 g/mol. The summed E-state index contributed by atoms with van der Waals surface area (Å²) in [6.45, 7) is 6.52. The molecule has 0 aliphatic heterocycles. The predicted molar refractivity (Wildman–Crippen MR) is 79.3 cm³/mol. The van der Waals surface area contributed by atoms with Gasteiger partial charge in [0.15, 0.2) is 0 Å². The summed E-state index contributed by atoms with van der Waals surface area (Å²) in [6, 6.07) is 6.68. The van der Waals surface area contributed by atoms with Crippen LogP contribution in [0.4, 0.5) is 0 Å². The third kappa shape index (κ3) is 4.66. The Balaban J connectivity index is 2.72. The lowest BCUT2D eigenvalue weighted by atomic mass is 10.0. The number of carbonyl (C=O) groups excluding carboxylic acids is 2. The number of nitrogens with one attached hydrogen (secondary N) is 2. The van der Waals surface area contributed by atoms with E-state index in [1.165, 1.54) is 0 Å². The first-order valence-corrected chi connectivity index (χ1v) is 6.81. The second-order valence-electron chi connectivity index (χ2n) is 5.14. The summed E-state index contributed by atoms with van der Waals surface area (Å²) >= 11 is 0. The van der Waals surface area contributed by atoms with Crippen molar-refractivity contribution in [3.8, 4) is 0 Å². The highest BCUT2D eigenvalue weighted by Crippen LogP contribution is 2.06. The molecule has 5 heteroatoms. The van der Waals surface area contributed by atoms with Crippen LogP contribution in [0.2, 0.25) is 0 Å². The predicted octanol–water partition coefficient (Wildman–Crippen LogP) is 0.824. The highest BCUT2D eigenvalue weighted by Gasteiger charge is 2.24. The van der Waals surface area contributed by atoms with Gasteiger partial charge in [0.05, 0.1) is 0 Å². The standard InChI is InChI=1S/C15H23N3O2/c1-10(2)13(15(20)17-9-8-16)18-14(19)12-6-4-11(3)5-7-12/h4-7,10,13H,8-9,16H2,1-3H3,(H,17,20)(H,18,19). The lowest BCUT2D eigenvalue weighted by Crippen LogP contribution is -2.50. The van der Waals surface area contributed by atoms with Crippen molar-refractivity contribution in [3.63, 3.8) is 0 Å². The summed E-state index contributed by atoms with van der Waals surface area (Å²) in [6.07, 6.45) is 0. The molecule has 0 saturated carbocycles. The summed E-state index contributed by atoms with van der Waals surface area (Å²) in [7, 11) is 0. The SMILES string of the molecule is Cc1ccc(C(=O)NC(C(=O)NCCN)C(C)C)cc1. The van der Waals surface area contributed by atoms with E-state index in [0.717, 1.165) is 5.56 Å². The van der Waals surface area contributed by atoms with E-state index >= 15 is 0 Å². The van der Waals surface area contributed by atoms with E-state index < -0.39 is 6.04 Å². The van der Waals surface area contributed by atoms with Gasteiger partial charge in [-0.05, 0) is 25.0 Å². The van der Waals surface area contributed by atoms with Crippen molar-refractivity contribution in [2.75, 3.05) is 13.1 Å². The quantitative estimate of drug-likeness (QED) is 0.720. The Labute approximate surface area is 119 Å². The smallest absolute Gasteiger partial charge is 0.251 e. The molecule has 4 N–H and O–H groups in total. The molecule has 20 heavy (non-hydrogen) atoms. The van der Waals surface area contributed by atoms with Crippen LogP contribution in [0.5, 0.6) is 0 Å². The van der Waals surface area contributed by atoms with Crippen LogP contribution in [0.25, 0.3) is 0 Å². The maximum absolute atomic E-state index is 12.1. The molecule has 1 atom stereocenters. The fourth-order valence-corrected chi connectivity index (χ4v) is 1.77. The fourth-order valence-electron chi connectivity index (χ4n) is 1.77. The molecule has 0 bridgehead atoms. The Bertz CT molecular complexity index is 455. The van der Waals surface area contributed by atoms with Crippen LogP contribution in [-0.2, 0) is 4.79 Å². The Morgan fingerprint density at radius 1 is 1.20 bits per heavy atom. The lowest BCUT2D eigenvalue weighted by Gasteiger charge is -2.21. The second kappa shape index (κ2) is 7.65. The van der Waals surface area contributed by atoms with Gasteiger partial charge in [0.25, 0.3) is 5.91 Å². The number of rotatable bonds is 6. The van der Waals surface area contributed by atoms with Crippen molar-refractivity contribution < 1.29 is 9.59 Å². The number of nitrogens with two attached hydrogens (primary N) is 1. The van der Waals surface area contributed by atoms with Gasteiger partial charge in [0.1, 0.15) is 6.04 Å². The molecule has 1 aromatic carbocycles. The third-order valence-electron chi connectivity index (χ3n) is 2.99. The van der Waals surface area contributed by atoms with Crippen LogP contribution in [0.1, 0.15) is 29.8 Å². The van der Waals surface area contributed by atoms with Crippen LogP contribution < -0.4 is 16.4 Å². The van der Waals surface area contributed by atoms with Crippen molar-refractivity contribution >= 4 is 11.8 Å². The maximum Gasteiger partial charge on any atom is 0.251 e. The molecule has 0 saturated heterocycles. The largest absolute Gasteiger partial charge is 0.353 e. The minimum Gasteiger partial charge on any atom is -0.353 e. The molecule has 2 amide bonds. The summed E-state index contributed by atoms with van der Waals surface area (Å²) in [5.41, 5.74) is 6.99. The molecule has 1 aromatic rings. The van der Waals surface area contributed by atoms with Gasteiger partial charge in [-0.15, -0.1) is 0 Å². The molecule has 0 spiro atoms. The average molecular weight is 277 g/mol. The Kier molecular flexibility index (Phi) is 6.18. The van der Waals surface area contributed by atoms with Gasteiger partial charge in [0, 0.05) is 18.7 Å². The zero-order valence-corrected chi connectivity index (χ0v) is 12.3. The highest BCUT2D eigenvalue weighted by atomic mass is 16.2. The Morgan fingerprint density at radius 2 is 1.80 bits per heavy atom. The highest BCUT2D eigenvalue weighted by molar-refractivity contribution is 5.97. The van der Waals surface area contributed by atoms with Crippen LogP contribution in [0.3, 0.4) is 0 Å². The summed E-state index contributed by atoms with van der Waals surface area (Å²) in [5, 5.41) is 5.47. The van der Waals surface area contributed by atoms with Crippen molar-refractivity contribution in [3.05, 3.63) is 35.4 Å². The third-order valence-corrected chi connectivity index (χ3v) is 2.99. The number of aryl methyl sites for hydroxylation is 1. The van der Waals surface area contributed by atoms with Gasteiger partial charge in [-0.25, -0.2) is 0 Å². The zero-order chi connectivity index (χ0) is 15.1. The first kappa shape index (κ1) is 16.2. The van der Waals surface area contributed by atoms with E-state index in [-0.39, 0.29) is 17.7 Å². The molecule has 0 aliphatic rings. The van der Waals surface area contributed by atoms with E-state index in [1.54, 1.807) is 12.1 Å². The molecule has 1 unspecified atom stereocenters. The minimum atomic E-state index is -0.560. The second-order valence-corrected chi connectivity index (χ2v) is 5.14. The zero-order valence-electron chi connectivity index (χ0n) is 12.3. The topological polar surface area (TPSA) is 84.2 Å². The molecule has 0 radical (unpaired) electrons. The van der Waals surface area contributed by atoms with Crippen molar-refractivity contribution in [2.45, 2.75) is 26.8 Å². The monoisotopic (exact) mass is 277 g/mol. The van der Waals surface area contributed by atoms with Crippen LogP contribution in [0, 0.1) is 12.8 Å². The summed E-state index contributed by atoms with van der Waals surface area (Å²) < 4.78 is 0. The molecule has 110 valence electrons. The van der Waals surface area contributed by atoms with Gasteiger partial charge >= 0.3 is 0 Å². The van der Waals surface area contributed by atoms with E-state index in [9.17, 15) is 9.59 Å². The number of hydrogen-bond acceptors (Lipinski definition) is 3.